The Kier molecular flexibility index (Phi) is 12.6. The van der Waals surface area contributed by atoms with Crippen molar-refractivity contribution in [1.29, 1.82) is 0 Å². The number of nitrogens with zero attached hydrogens (tertiary/aromatic N) is 1. The minimum Gasteiger partial charge on any atom is -1.00 e. The molecule has 0 N–H and O–H groups in total. The van der Waals surface area contributed by atoms with E-state index in [4.69, 9.17) is 0 Å². The van der Waals surface area contributed by atoms with Crippen LogP contribution in [-0.2, 0) is 6.54 Å². The highest BCUT2D eigenvalue weighted by Crippen LogP contribution is 2.06. The number of aryl methyl sites for hydroxylation is 1. The number of benzene rings is 1. The second kappa shape index (κ2) is 11.2. The highest BCUT2D eigenvalue weighted by atomic mass is 79.9. The van der Waals surface area contributed by atoms with Crippen LogP contribution in [0.5, 0.6) is 0 Å². The van der Waals surface area contributed by atoms with E-state index in [1.807, 2.05) is 13.8 Å². The molecule has 0 bridgehead atoms. The van der Waals surface area contributed by atoms with Gasteiger partial charge in [0.2, 0.25) is 0 Å². The number of halogens is 1. The van der Waals surface area contributed by atoms with Gasteiger partial charge in [0.1, 0.15) is 0 Å². The van der Waals surface area contributed by atoms with E-state index in [0.717, 1.165) is 19.6 Å². The van der Waals surface area contributed by atoms with E-state index >= 15 is 0 Å². The predicted octanol–water partition coefficient (Wildman–Crippen LogP) is 0.867. The van der Waals surface area contributed by atoms with E-state index in [0.29, 0.717) is 0 Å². The highest BCUT2D eigenvalue weighted by Gasteiger charge is 1.99. The fourth-order valence-electron chi connectivity index (χ4n) is 1.52. The summed E-state index contributed by atoms with van der Waals surface area (Å²) in [6.07, 6.45) is 0. The molecular weight excluding hydrogens is 262 g/mol. The molecule has 2 heteroatoms. The number of hydrogen-bond donors (Lipinski definition) is 0. The van der Waals surface area contributed by atoms with Gasteiger partial charge in [-0.3, -0.25) is 4.90 Å². The van der Waals surface area contributed by atoms with Crippen LogP contribution in [0.15, 0.2) is 24.3 Å². The Hall–Kier alpha value is -0.340. The van der Waals surface area contributed by atoms with Gasteiger partial charge in [-0.25, -0.2) is 0 Å². The molecule has 0 aliphatic carbocycles. The predicted molar refractivity (Wildman–Crippen MR) is 69.2 cm³/mol. The molecule has 0 unspecified atom stereocenters. The van der Waals surface area contributed by atoms with Crippen LogP contribution in [-0.4, -0.2) is 18.0 Å². The Morgan fingerprint density at radius 2 is 1.62 bits per heavy atom. The van der Waals surface area contributed by atoms with Crippen molar-refractivity contribution < 1.29 is 17.0 Å². The van der Waals surface area contributed by atoms with E-state index in [-0.39, 0.29) is 17.0 Å². The monoisotopic (exact) mass is 286 g/mol. The second-order valence-corrected chi connectivity index (χ2v) is 3.45. The largest absolute Gasteiger partial charge is 1.00 e. The van der Waals surface area contributed by atoms with Crippen LogP contribution >= 0.6 is 0 Å². The molecule has 0 aliphatic rings. The quantitative estimate of drug-likeness (QED) is 0.794. The highest BCUT2D eigenvalue weighted by molar-refractivity contribution is 5.21. The second-order valence-electron chi connectivity index (χ2n) is 3.45. The van der Waals surface area contributed by atoms with E-state index in [1.165, 1.54) is 11.1 Å². The molecule has 1 aromatic rings. The fourth-order valence-corrected chi connectivity index (χ4v) is 1.52. The van der Waals surface area contributed by atoms with Gasteiger partial charge in [0.15, 0.2) is 0 Å². The van der Waals surface area contributed by atoms with Crippen molar-refractivity contribution in [3.8, 4) is 0 Å². The minimum absolute atomic E-state index is 0. The lowest BCUT2D eigenvalue weighted by molar-refractivity contribution is -0.00000350. The zero-order chi connectivity index (χ0) is 11.7. The van der Waals surface area contributed by atoms with E-state index < -0.39 is 0 Å². The number of hydrogen-bond acceptors (Lipinski definition) is 1. The normalized spacial score (nSPS) is 9.12. The maximum atomic E-state index is 2.43. The third kappa shape index (κ3) is 7.02. The van der Waals surface area contributed by atoms with Crippen LogP contribution in [0.1, 0.15) is 38.8 Å². The van der Waals surface area contributed by atoms with Crippen LogP contribution in [0.3, 0.4) is 0 Å². The van der Waals surface area contributed by atoms with Gasteiger partial charge in [0.25, 0.3) is 0 Å². The van der Waals surface area contributed by atoms with Gasteiger partial charge in [0.05, 0.1) is 0 Å². The summed E-state index contributed by atoms with van der Waals surface area (Å²) in [6.45, 7) is 13.9. The van der Waals surface area contributed by atoms with E-state index in [1.54, 1.807) is 0 Å². The summed E-state index contributed by atoms with van der Waals surface area (Å²) in [7, 11) is 0. The van der Waals surface area contributed by atoms with Gasteiger partial charge in [-0.05, 0) is 25.6 Å². The third-order valence-corrected chi connectivity index (χ3v) is 2.38. The maximum Gasteiger partial charge on any atom is 0.0233 e. The smallest absolute Gasteiger partial charge is 0.0233 e. The summed E-state index contributed by atoms with van der Waals surface area (Å²) >= 11 is 0. The van der Waals surface area contributed by atoms with Crippen molar-refractivity contribution in [3.63, 3.8) is 0 Å². The van der Waals surface area contributed by atoms with Gasteiger partial charge in [-0.15, -0.1) is 0 Å². The van der Waals surface area contributed by atoms with Crippen LogP contribution in [0, 0.1) is 6.92 Å². The summed E-state index contributed by atoms with van der Waals surface area (Å²) in [5.41, 5.74) is 2.77. The Bertz CT molecular complexity index is 257. The fraction of sp³-hybridized carbons (Fsp3) is 0.571. The molecular formula is C14H25BrN-. The molecule has 94 valence electrons. The van der Waals surface area contributed by atoms with Crippen molar-refractivity contribution in [3.05, 3.63) is 35.4 Å². The molecule has 0 saturated carbocycles. The van der Waals surface area contributed by atoms with Crippen molar-refractivity contribution in [2.45, 2.75) is 41.2 Å². The molecule has 0 atom stereocenters. The zero-order valence-electron chi connectivity index (χ0n) is 11.3. The van der Waals surface area contributed by atoms with Gasteiger partial charge in [-0.2, -0.15) is 0 Å². The summed E-state index contributed by atoms with van der Waals surface area (Å²) < 4.78 is 0. The Labute approximate surface area is 112 Å². The average Bonchev–Trinajstić information content (AvgIpc) is 2.29. The lowest BCUT2D eigenvalue weighted by Gasteiger charge is -2.17. The summed E-state index contributed by atoms with van der Waals surface area (Å²) in [5.74, 6) is 0. The van der Waals surface area contributed by atoms with E-state index in [2.05, 4.69) is 49.9 Å². The van der Waals surface area contributed by atoms with Gasteiger partial charge >= 0.3 is 0 Å². The first-order valence-electron chi connectivity index (χ1n) is 6.04. The molecule has 0 aliphatic heterocycles. The Balaban J connectivity index is 0. The molecule has 1 nitrogen and oxygen atoms in total. The third-order valence-electron chi connectivity index (χ3n) is 2.38. The van der Waals surface area contributed by atoms with Crippen molar-refractivity contribution in [2.24, 2.45) is 0 Å². The molecule has 0 aromatic heterocycles. The first-order valence-corrected chi connectivity index (χ1v) is 6.04. The summed E-state index contributed by atoms with van der Waals surface area (Å²) in [4.78, 5) is 2.43. The average molecular weight is 287 g/mol. The topological polar surface area (TPSA) is 3.24 Å². The van der Waals surface area contributed by atoms with Gasteiger partial charge in [0, 0.05) is 6.54 Å². The van der Waals surface area contributed by atoms with Crippen LogP contribution < -0.4 is 17.0 Å². The Morgan fingerprint density at radius 1 is 1.06 bits per heavy atom. The molecule has 0 radical (unpaired) electrons. The van der Waals surface area contributed by atoms with Gasteiger partial charge < -0.3 is 17.0 Å². The molecule has 1 rings (SSSR count). The van der Waals surface area contributed by atoms with Crippen molar-refractivity contribution >= 4 is 0 Å². The zero-order valence-corrected chi connectivity index (χ0v) is 12.8. The summed E-state index contributed by atoms with van der Waals surface area (Å²) in [5, 5.41) is 0. The SMILES string of the molecule is CC.CCN(CC)Cc1cccc(C)c1.[Br-]. The first-order chi connectivity index (χ1) is 7.26. The maximum absolute atomic E-state index is 2.43. The van der Waals surface area contributed by atoms with Crippen LogP contribution in [0.4, 0.5) is 0 Å². The summed E-state index contributed by atoms with van der Waals surface area (Å²) in [6, 6.07) is 8.74. The van der Waals surface area contributed by atoms with Crippen molar-refractivity contribution in [1.82, 2.24) is 4.90 Å². The van der Waals surface area contributed by atoms with Crippen LogP contribution in [0.25, 0.3) is 0 Å². The van der Waals surface area contributed by atoms with Crippen molar-refractivity contribution in [2.75, 3.05) is 13.1 Å². The Morgan fingerprint density at radius 3 is 2.06 bits per heavy atom. The van der Waals surface area contributed by atoms with Crippen LogP contribution in [0.2, 0.25) is 0 Å². The lowest BCUT2D eigenvalue weighted by atomic mass is 10.1. The molecule has 0 fully saturated rings. The molecule has 16 heavy (non-hydrogen) atoms. The lowest BCUT2D eigenvalue weighted by Crippen LogP contribution is -3.00. The number of rotatable bonds is 4. The molecule has 0 heterocycles. The molecule has 0 saturated heterocycles. The standard InChI is InChI=1S/C12H19N.C2H6.BrH/c1-4-13(5-2)10-12-8-6-7-11(3)9-12;1-2;/h6-9H,4-5,10H2,1-3H3;1-2H3;1H/p-1. The molecule has 0 amide bonds. The molecule has 1 aromatic carbocycles. The first kappa shape index (κ1) is 18.0. The van der Waals surface area contributed by atoms with E-state index in [9.17, 15) is 0 Å². The minimum atomic E-state index is 0. The van der Waals surface area contributed by atoms with Gasteiger partial charge in [-0.1, -0.05) is 57.5 Å². The molecule has 0 spiro atoms.